The zero-order chi connectivity index (χ0) is 15.0. The molecular weight excluding hydrogens is 300 g/mol. The summed E-state index contributed by atoms with van der Waals surface area (Å²) in [5.41, 5.74) is -3.70. The molecule has 0 fully saturated rings. The summed E-state index contributed by atoms with van der Waals surface area (Å²) in [6.07, 6.45) is 0. The summed E-state index contributed by atoms with van der Waals surface area (Å²) in [5, 5.41) is 9.67. The molecule has 20 heavy (non-hydrogen) atoms. The van der Waals surface area contributed by atoms with Crippen LogP contribution in [0.4, 0.5) is 14.5 Å². The summed E-state index contributed by atoms with van der Waals surface area (Å²) in [7, 11) is 0. The van der Waals surface area contributed by atoms with Gasteiger partial charge in [0.05, 0.1) is 10.6 Å². The van der Waals surface area contributed by atoms with Crippen molar-refractivity contribution in [3.8, 4) is 5.69 Å². The van der Waals surface area contributed by atoms with Crippen molar-refractivity contribution < 1.29 is 13.7 Å². The lowest BCUT2D eigenvalue weighted by molar-refractivity contribution is -0.387. The van der Waals surface area contributed by atoms with Crippen LogP contribution in [-0.4, -0.2) is 14.5 Å². The summed E-state index contributed by atoms with van der Waals surface area (Å²) in [4.78, 5) is 34.4. The minimum atomic E-state index is -1.43. The molecule has 1 aromatic carbocycles. The van der Waals surface area contributed by atoms with Crippen LogP contribution in [0.3, 0.4) is 0 Å². The Balaban J connectivity index is 2.74. The molecule has 0 aliphatic rings. The number of nitro groups is 1. The molecule has 10 heteroatoms. The van der Waals surface area contributed by atoms with Gasteiger partial charge in [-0.25, -0.2) is 9.36 Å². The first-order valence-electron chi connectivity index (χ1n) is 4.97. The normalized spacial score (nSPS) is 10.6. The Bertz CT molecular complexity index is 830. The van der Waals surface area contributed by atoms with Gasteiger partial charge in [-0.05, 0) is 6.07 Å². The van der Waals surface area contributed by atoms with Crippen LogP contribution in [0.15, 0.2) is 27.8 Å². The quantitative estimate of drug-likeness (QED) is 0.514. The largest absolute Gasteiger partial charge is 0.334 e. The molecule has 0 saturated heterocycles. The molecule has 0 aliphatic heterocycles. The lowest BCUT2D eigenvalue weighted by Crippen LogP contribution is -2.35. The second-order valence-electron chi connectivity index (χ2n) is 3.59. The van der Waals surface area contributed by atoms with Crippen molar-refractivity contribution in [2.45, 2.75) is 0 Å². The first kappa shape index (κ1) is 13.9. The van der Waals surface area contributed by atoms with E-state index in [4.69, 9.17) is 11.6 Å². The van der Waals surface area contributed by atoms with Crippen LogP contribution >= 0.6 is 11.6 Å². The molecule has 0 aliphatic carbocycles. The predicted molar refractivity (Wildman–Crippen MR) is 64.2 cm³/mol. The fraction of sp³-hybridized carbons (Fsp3) is 0. The molecule has 7 nitrogen and oxygen atoms in total. The van der Waals surface area contributed by atoms with E-state index in [0.29, 0.717) is 6.07 Å². The summed E-state index contributed by atoms with van der Waals surface area (Å²) >= 11 is 5.27. The van der Waals surface area contributed by atoms with Gasteiger partial charge in [-0.15, -0.1) is 0 Å². The molecule has 0 saturated carbocycles. The van der Waals surface area contributed by atoms with Gasteiger partial charge in [0.1, 0.15) is 0 Å². The van der Waals surface area contributed by atoms with E-state index < -0.39 is 38.6 Å². The summed E-state index contributed by atoms with van der Waals surface area (Å²) in [5.74, 6) is -2.70. The van der Waals surface area contributed by atoms with Gasteiger partial charge in [-0.2, -0.15) is 8.78 Å². The van der Waals surface area contributed by atoms with Crippen LogP contribution in [0.25, 0.3) is 5.69 Å². The molecule has 0 spiro atoms. The molecule has 0 amide bonds. The van der Waals surface area contributed by atoms with Gasteiger partial charge in [-0.1, -0.05) is 11.6 Å². The van der Waals surface area contributed by atoms with Crippen LogP contribution in [0.5, 0.6) is 0 Å². The van der Waals surface area contributed by atoms with E-state index in [0.717, 1.165) is 12.1 Å². The van der Waals surface area contributed by atoms with E-state index in [9.17, 15) is 28.5 Å². The van der Waals surface area contributed by atoms with Gasteiger partial charge >= 0.3 is 11.4 Å². The third kappa shape index (κ3) is 2.18. The highest BCUT2D eigenvalue weighted by atomic mass is 35.5. The highest BCUT2D eigenvalue weighted by molar-refractivity contribution is 6.29. The zero-order valence-electron chi connectivity index (χ0n) is 9.39. The van der Waals surface area contributed by atoms with Gasteiger partial charge in [-0.3, -0.25) is 19.9 Å². The van der Waals surface area contributed by atoms with E-state index in [1.54, 1.807) is 0 Å². The van der Waals surface area contributed by atoms with E-state index in [2.05, 4.69) is 0 Å². The molecular formula is C10H4ClF2N3O4. The number of benzene rings is 1. The minimum absolute atomic E-state index is 0.272. The molecule has 0 bridgehead atoms. The maximum Gasteiger partial charge on any atom is 0.334 e. The first-order chi connectivity index (χ1) is 9.32. The molecule has 0 radical (unpaired) electrons. The van der Waals surface area contributed by atoms with Crippen LogP contribution in [0.2, 0.25) is 5.15 Å². The maximum absolute atomic E-state index is 13.4. The highest BCUT2D eigenvalue weighted by Gasteiger charge is 2.18. The minimum Gasteiger partial charge on any atom is -0.295 e. The standard InChI is InChI=1S/C10H4ClF2N3O4/c11-8-7(13)9(17)15(10(18)14-8)4-1-2-6(16(19)20)5(12)3-4/h1-3H,(H,14,18). The predicted octanol–water partition coefficient (Wildman–Crippen LogP) is 1.37. The van der Waals surface area contributed by atoms with Crippen molar-refractivity contribution in [3.05, 3.63) is 65.9 Å². The number of rotatable bonds is 2. The zero-order valence-corrected chi connectivity index (χ0v) is 10.1. The lowest BCUT2D eigenvalue weighted by Gasteiger charge is -2.05. The van der Waals surface area contributed by atoms with Gasteiger partial charge in [0.15, 0.2) is 5.15 Å². The molecule has 0 unspecified atom stereocenters. The second-order valence-corrected chi connectivity index (χ2v) is 3.97. The Morgan fingerprint density at radius 3 is 2.50 bits per heavy atom. The Labute approximate surface area is 113 Å². The van der Waals surface area contributed by atoms with E-state index in [-0.39, 0.29) is 10.3 Å². The van der Waals surface area contributed by atoms with E-state index >= 15 is 0 Å². The lowest BCUT2D eigenvalue weighted by atomic mass is 10.2. The third-order valence-corrected chi connectivity index (χ3v) is 2.65. The molecule has 1 N–H and O–H groups in total. The number of halogens is 3. The summed E-state index contributed by atoms with van der Waals surface area (Å²) in [6.45, 7) is 0. The number of H-pyrrole nitrogens is 1. The first-order valence-corrected chi connectivity index (χ1v) is 5.35. The van der Waals surface area contributed by atoms with Crippen molar-refractivity contribution in [1.82, 2.24) is 9.55 Å². The van der Waals surface area contributed by atoms with Crippen LogP contribution in [0.1, 0.15) is 0 Å². The van der Waals surface area contributed by atoms with Gasteiger partial charge in [0.2, 0.25) is 11.6 Å². The number of aromatic nitrogens is 2. The van der Waals surface area contributed by atoms with Crippen molar-refractivity contribution in [2.75, 3.05) is 0 Å². The Kier molecular flexibility index (Phi) is 3.36. The van der Waals surface area contributed by atoms with Crippen LogP contribution in [-0.2, 0) is 0 Å². The van der Waals surface area contributed by atoms with Crippen molar-refractivity contribution >= 4 is 17.3 Å². The number of nitro benzene ring substituents is 1. The number of nitrogens with zero attached hydrogens (tertiary/aromatic N) is 2. The van der Waals surface area contributed by atoms with Crippen LogP contribution in [0, 0.1) is 21.7 Å². The summed E-state index contributed by atoms with van der Waals surface area (Å²) in [6, 6.07) is 2.26. The third-order valence-electron chi connectivity index (χ3n) is 2.39. The number of aromatic amines is 1. The Morgan fingerprint density at radius 1 is 1.30 bits per heavy atom. The molecule has 0 atom stereocenters. The SMILES string of the molecule is O=c1[nH]c(Cl)c(F)c(=O)n1-c1ccc([N+](=O)[O-])c(F)c1. The summed E-state index contributed by atoms with van der Waals surface area (Å²) < 4.78 is 27.0. The van der Waals surface area contributed by atoms with E-state index in [1.807, 2.05) is 4.98 Å². The average Bonchev–Trinajstić information content (AvgIpc) is 2.36. The molecule has 1 heterocycles. The molecule has 2 aromatic rings. The number of hydrogen-bond acceptors (Lipinski definition) is 4. The smallest absolute Gasteiger partial charge is 0.295 e. The van der Waals surface area contributed by atoms with Crippen molar-refractivity contribution in [1.29, 1.82) is 0 Å². The molecule has 2 rings (SSSR count). The van der Waals surface area contributed by atoms with Gasteiger partial charge in [0.25, 0.3) is 5.56 Å². The average molecular weight is 304 g/mol. The molecule has 104 valence electrons. The van der Waals surface area contributed by atoms with Gasteiger partial charge in [0, 0.05) is 12.1 Å². The topological polar surface area (TPSA) is 98.0 Å². The van der Waals surface area contributed by atoms with Gasteiger partial charge < -0.3 is 0 Å². The van der Waals surface area contributed by atoms with Crippen LogP contribution < -0.4 is 11.2 Å². The number of nitrogens with one attached hydrogen (secondary N) is 1. The highest BCUT2D eigenvalue weighted by Crippen LogP contribution is 2.19. The Hall–Kier alpha value is -2.55. The number of hydrogen-bond donors (Lipinski definition) is 1. The van der Waals surface area contributed by atoms with Crippen molar-refractivity contribution in [3.63, 3.8) is 0 Å². The van der Waals surface area contributed by atoms with Crippen molar-refractivity contribution in [2.24, 2.45) is 0 Å². The fourth-order valence-electron chi connectivity index (χ4n) is 1.51. The Morgan fingerprint density at radius 2 is 1.95 bits per heavy atom. The van der Waals surface area contributed by atoms with E-state index in [1.165, 1.54) is 0 Å². The second kappa shape index (κ2) is 4.85. The molecule has 1 aromatic heterocycles. The monoisotopic (exact) mass is 303 g/mol. The maximum atomic E-state index is 13.4. The fourth-order valence-corrected chi connectivity index (χ4v) is 1.67.